The molecule has 0 unspecified atom stereocenters. The van der Waals surface area contributed by atoms with Crippen LogP contribution < -0.4 is 5.32 Å². The van der Waals surface area contributed by atoms with Crippen molar-refractivity contribution in [3.63, 3.8) is 0 Å². The summed E-state index contributed by atoms with van der Waals surface area (Å²) in [6.07, 6.45) is 1.31. The molecule has 0 fully saturated rings. The van der Waals surface area contributed by atoms with E-state index in [0.29, 0.717) is 5.02 Å². The minimum atomic E-state index is -0.726. The molecule has 0 radical (unpaired) electrons. The van der Waals surface area contributed by atoms with Gasteiger partial charge in [-0.25, -0.2) is 0 Å². The second-order valence-corrected chi connectivity index (χ2v) is 5.74. The van der Waals surface area contributed by atoms with Crippen LogP contribution in [0.2, 0.25) is 5.02 Å². The Hall–Kier alpha value is -2.25. The number of furan rings is 1. The maximum absolute atomic E-state index is 11.5. The maximum atomic E-state index is 11.5. The summed E-state index contributed by atoms with van der Waals surface area (Å²) in [7, 11) is 0. The first kappa shape index (κ1) is 17.1. The standard InChI is InChI=1S/C15H12ClNO5S/c16-10-3-5-11(6-4-10)23-9-14(19)22-8-13(18)17-15(20)12-2-1-7-21-12/h1-7H,8-9H2,(H,17,18,20). The number of carbonyl (C=O) groups excluding carboxylic acids is 3. The van der Waals surface area contributed by atoms with Gasteiger partial charge in [-0.15, -0.1) is 11.8 Å². The van der Waals surface area contributed by atoms with Crippen molar-refractivity contribution in [1.29, 1.82) is 0 Å². The lowest BCUT2D eigenvalue weighted by Gasteiger charge is -2.05. The van der Waals surface area contributed by atoms with Crippen molar-refractivity contribution in [2.45, 2.75) is 4.90 Å². The quantitative estimate of drug-likeness (QED) is 0.634. The van der Waals surface area contributed by atoms with Crippen LogP contribution in [-0.2, 0) is 14.3 Å². The summed E-state index contributed by atoms with van der Waals surface area (Å²) in [5.74, 6) is -1.93. The fourth-order valence-corrected chi connectivity index (χ4v) is 2.32. The first-order valence-electron chi connectivity index (χ1n) is 6.46. The number of hydrogen-bond donors (Lipinski definition) is 1. The molecule has 23 heavy (non-hydrogen) atoms. The molecule has 0 aliphatic heterocycles. The molecule has 0 aliphatic rings. The van der Waals surface area contributed by atoms with Gasteiger partial charge in [-0.2, -0.15) is 0 Å². The molecule has 0 spiro atoms. The van der Waals surface area contributed by atoms with Gasteiger partial charge in [0.1, 0.15) is 0 Å². The molecule has 2 amide bonds. The largest absolute Gasteiger partial charge is 0.459 e. The lowest BCUT2D eigenvalue weighted by atomic mass is 10.4. The molecule has 1 heterocycles. The Morgan fingerprint density at radius 3 is 2.57 bits per heavy atom. The predicted octanol–water partition coefficient (Wildman–Crippen LogP) is 2.52. The monoisotopic (exact) mass is 353 g/mol. The van der Waals surface area contributed by atoms with E-state index in [1.807, 2.05) is 5.32 Å². The molecule has 0 aliphatic carbocycles. The number of thioether (sulfide) groups is 1. The summed E-state index contributed by atoms with van der Waals surface area (Å²) in [5, 5.41) is 2.65. The Bertz CT molecular complexity index is 684. The number of rotatable bonds is 6. The summed E-state index contributed by atoms with van der Waals surface area (Å²) in [6, 6.07) is 9.90. The second kappa shape index (κ2) is 8.40. The van der Waals surface area contributed by atoms with E-state index in [9.17, 15) is 14.4 Å². The van der Waals surface area contributed by atoms with E-state index in [2.05, 4.69) is 0 Å². The normalized spacial score (nSPS) is 10.1. The highest BCUT2D eigenvalue weighted by Gasteiger charge is 2.14. The van der Waals surface area contributed by atoms with Crippen LogP contribution in [0.3, 0.4) is 0 Å². The van der Waals surface area contributed by atoms with Gasteiger partial charge in [0.2, 0.25) is 0 Å². The van der Waals surface area contributed by atoms with Crippen LogP contribution in [0.1, 0.15) is 10.6 Å². The molecule has 120 valence electrons. The fraction of sp³-hybridized carbons (Fsp3) is 0.133. The molecule has 0 saturated heterocycles. The van der Waals surface area contributed by atoms with Gasteiger partial charge in [-0.3, -0.25) is 19.7 Å². The van der Waals surface area contributed by atoms with Crippen molar-refractivity contribution in [2.24, 2.45) is 0 Å². The van der Waals surface area contributed by atoms with E-state index in [-0.39, 0.29) is 11.5 Å². The third-order valence-electron chi connectivity index (χ3n) is 2.53. The van der Waals surface area contributed by atoms with Crippen LogP contribution in [0.25, 0.3) is 0 Å². The third-order valence-corrected chi connectivity index (χ3v) is 3.77. The van der Waals surface area contributed by atoms with E-state index in [0.717, 1.165) is 4.90 Å². The van der Waals surface area contributed by atoms with Crippen LogP contribution >= 0.6 is 23.4 Å². The molecule has 2 aromatic rings. The van der Waals surface area contributed by atoms with Crippen molar-refractivity contribution >= 4 is 41.1 Å². The topological polar surface area (TPSA) is 85.6 Å². The number of amides is 2. The van der Waals surface area contributed by atoms with Crippen LogP contribution in [0.4, 0.5) is 0 Å². The number of halogens is 1. The Kier molecular flexibility index (Phi) is 6.25. The van der Waals surface area contributed by atoms with Crippen LogP contribution in [0.15, 0.2) is 52.0 Å². The van der Waals surface area contributed by atoms with E-state index in [1.165, 1.54) is 30.2 Å². The molecule has 6 nitrogen and oxygen atoms in total. The average Bonchev–Trinajstić information content (AvgIpc) is 3.07. The summed E-state index contributed by atoms with van der Waals surface area (Å²) in [4.78, 5) is 35.4. The number of carbonyl (C=O) groups is 3. The summed E-state index contributed by atoms with van der Waals surface area (Å²) < 4.78 is 9.62. The number of hydrogen-bond acceptors (Lipinski definition) is 6. The zero-order valence-corrected chi connectivity index (χ0v) is 13.4. The molecule has 1 aromatic heterocycles. The molecular formula is C15H12ClNO5S. The van der Waals surface area contributed by atoms with Gasteiger partial charge in [0, 0.05) is 9.92 Å². The van der Waals surface area contributed by atoms with E-state index >= 15 is 0 Å². The lowest BCUT2D eigenvalue weighted by molar-refractivity contribution is -0.145. The Morgan fingerprint density at radius 2 is 1.91 bits per heavy atom. The van der Waals surface area contributed by atoms with Crippen LogP contribution in [0, 0.1) is 0 Å². The SMILES string of the molecule is O=C(COC(=O)CSc1ccc(Cl)cc1)NC(=O)c1ccco1. The van der Waals surface area contributed by atoms with Crippen molar-refractivity contribution < 1.29 is 23.5 Å². The summed E-state index contributed by atoms with van der Waals surface area (Å²) >= 11 is 7.01. The van der Waals surface area contributed by atoms with Crippen molar-refractivity contribution in [3.8, 4) is 0 Å². The first-order chi connectivity index (χ1) is 11.0. The van der Waals surface area contributed by atoms with Gasteiger partial charge in [-0.05, 0) is 36.4 Å². The van der Waals surface area contributed by atoms with Crippen LogP contribution in [0.5, 0.6) is 0 Å². The molecule has 0 saturated carbocycles. The van der Waals surface area contributed by atoms with Gasteiger partial charge in [0.05, 0.1) is 12.0 Å². The predicted molar refractivity (Wildman–Crippen MR) is 84.3 cm³/mol. The smallest absolute Gasteiger partial charge is 0.316 e. The number of esters is 1. The second-order valence-electron chi connectivity index (χ2n) is 4.26. The summed E-state index contributed by atoms with van der Waals surface area (Å²) in [5.41, 5.74) is 0. The highest BCUT2D eigenvalue weighted by molar-refractivity contribution is 8.00. The van der Waals surface area contributed by atoms with Crippen molar-refractivity contribution in [1.82, 2.24) is 5.32 Å². The molecule has 0 bridgehead atoms. The zero-order valence-electron chi connectivity index (χ0n) is 11.8. The molecule has 1 N–H and O–H groups in total. The van der Waals surface area contributed by atoms with Gasteiger partial charge in [0.15, 0.2) is 12.4 Å². The van der Waals surface area contributed by atoms with Gasteiger partial charge in [0.25, 0.3) is 11.8 Å². The van der Waals surface area contributed by atoms with E-state index in [4.69, 9.17) is 20.8 Å². The molecule has 8 heteroatoms. The molecule has 0 atom stereocenters. The lowest BCUT2D eigenvalue weighted by Crippen LogP contribution is -2.34. The van der Waals surface area contributed by atoms with Gasteiger partial charge < -0.3 is 9.15 Å². The minimum Gasteiger partial charge on any atom is -0.459 e. The molecule has 1 aromatic carbocycles. The molecular weight excluding hydrogens is 342 g/mol. The van der Waals surface area contributed by atoms with Gasteiger partial charge in [-0.1, -0.05) is 11.6 Å². The number of nitrogens with one attached hydrogen (secondary N) is 1. The van der Waals surface area contributed by atoms with Crippen molar-refractivity contribution in [3.05, 3.63) is 53.4 Å². The minimum absolute atomic E-state index is 0.00275. The van der Waals surface area contributed by atoms with E-state index in [1.54, 1.807) is 24.3 Å². The van der Waals surface area contributed by atoms with Crippen molar-refractivity contribution in [2.75, 3.05) is 12.4 Å². The Morgan fingerprint density at radius 1 is 1.17 bits per heavy atom. The third kappa shape index (κ3) is 5.80. The van der Waals surface area contributed by atoms with Gasteiger partial charge >= 0.3 is 5.97 Å². The zero-order chi connectivity index (χ0) is 16.7. The average molecular weight is 354 g/mol. The number of benzene rings is 1. The Labute approximate surface area is 141 Å². The fourth-order valence-electron chi connectivity index (χ4n) is 1.49. The highest BCUT2D eigenvalue weighted by atomic mass is 35.5. The Balaban J connectivity index is 1.68. The maximum Gasteiger partial charge on any atom is 0.316 e. The number of imide groups is 1. The summed E-state index contributed by atoms with van der Waals surface area (Å²) in [6.45, 7) is -0.535. The number of ether oxygens (including phenoxy) is 1. The van der Waals surface area contributed by atoms with E-state index < -0.39 is 24.4 Å². The van der Waals surface area contributed by atoms with Crippen LogP contribution in [-0.4, -0.2) is 30.1 Å². The highest BCUT2D eigenvalue weighted by Crippen LogP contribution is 2.20. The first-order valence-corrected chi connectivity index (χ1v) is 7.82. The molecule has 2 rings (SSSR count).